The quantitative estimate of drug-likeness (QED) is 0.551. The largest absolute Gasteiger partial charge is 0.394 e. The van der Waals surface area contributed by atoms with Gasteiger partial charge in [-0.2, -0.15) is 0 Å². The van der Waals surface area contributed by atoms with Crippen molar-refractivity contribution in [3.8, 4) is 0 Å². The highest BCUT2D eigenvalue weighted by molar-refractivity contribution is 4.97. The van der Waals surface area contributed by atoms with Crippen molar-refractivity contribution in [2.45, 2.75) is 70.9 Å². The van der Waals surface area contributed by atoms with Gasteiger partial charge in [-0.25, -0.2) is 0 Å². The molecule has 0 aromatic heterocycles. The van der Waals surface area contributed by atoms with E-state index in [-0.39, 0.29) is 18.8 Å². The number of rotatable bonds is 7. The summed E-state index contributed by atoms with van der Waals surface area (Å²) in [6.45, 7) is 5.98. The highest BCUT2D eigenvalue weighted by Crippen LogP contribution is 2.28. The van der Waals surface area contributed by atoms with E-state index in [1.807, 2.05) is 19.9 Å². The number of allylic oxidation sites excluding steroid dienone is 1. The molecule has 0 saturated carbocycles. The van der Waals surface area contributed by atoms with E-state index in [0.717, 1.165) is 6.42 Å². The zero-order chi connectivity index (χ0) is 12.7. The summed E-state index contributed by atoms with van der Waals surface area (Å²) in [4.78, 5) is 0. The molecule has 3 nitrogen and oxygen atoms in total. The Labute approximate surface area is 105 Å². The number of hydrogen-bond acceptors (Lipinski definition) is 3. The molecule has 1 fully saturated rings. The van der Waals surface area contributed by atoms with Crippen molar-refractivity contribution in [1.82, 2.24) is 0 Å². The minimum atomic E-state index is -0.579. The fourth-order valence-corrected chi connectivity index (χ4v) is 2.09. The molecule has 0 aromatic rings. The molecule has 3 heteroatoms. The van der Waals surface area contributed by atoms with Gasteiger partial charge in [0.05, 0.1) is 6.61 Å². The van der Waals surface area contributed by atoms with Gasteiger partial charge in [-0.15, -0.1) is 0 Å². The standard InChI is InChI=1S/C14H26O3/c1-4-5-6-7-8-9-10-12-13(11-15)17-14(2,3)16-12/h9-10,12-13,15H,4-8,11H2,1-3H3/b10-9+/t12-,13-/m1/s1. The molecule has 0 unspecified atom stereocenters. The van der Waals surface area contributed by atoms with E-state index in [1.165, 1.54) is 25.7 Å². The van der Waals surface area contributed by atoms with Gasteiger partial charge in [0.2, 0.25) is 0 Å². The van der Waals surface area contributed by atoms with E-state index < -0.39 is 5.79 Å². The molecule has 1 rings (SSSR count). The minimum Gasteiger partial charge on any atom is -0.394 e. The number of aliphatic hydroxyl groups excluding tert-OH is 1. The van der Waals surface area contributed by atoms with Crippen LogP contribution in [0, 0.1) is 0 Å². The molecule has 1 aliphatic heterocycles. The van der Waals surface area contributed by atoms with Crippen LogP contribution in [0.4, 0.5) is 0 Å². The van der Waals surface area contributed by atoms with E-state index in [2.05, 4.69) is 13.0 Å². The van der Waals surface area contributed by atoms with Crippen LogP contribution in [0.15, 0.2) is 12.2 Å². The second-order valence-corrected chi connectivity index (χ2v) is 5.10. The van der Waals surface area contributed by atoms with Crippen molar-refractivity contribution < 1.29 is 14.6 Å². The molecule has 1 saturated heterocycles. The Morgan fingerprint density at radius 1 is 1.18 bits per heavy atom. The van der Waals surface area contributed by atoms with Crippen LogP contribution in [0.3, 0.4) is 0 Å². The molecule has 1 aliphatic rings. The predicted molar refractivity (Wildman–Crippen MR) is 68.8 cm³/mol. The molecular formula is C14H26O3. The molecule has 2 atom stereocenters. The van der Waals surface area contributed by atoms with Crippen LogP contribution in [0.25, 0.3) is 0 Å². The molecule has 0 bridgehead atoms. The normalized spacial score (nSPS) is 28.0. The molecule has 100 valence electrons. The lowest BCUT2D eigenvalue weighted by Crippen LogP contribution is -2.24. The maximum atomic E-state index is 9.20. The topological polar surface area (TPSA) is 38.7 Å². The van der Waals surface area contributed by atoms with Crippen molar-refractivity contribution in [3.63, 3.8) is 0 Å². The second-order valence-electron chi connectivity index (χ2n) is 5.10. The molecule has 0 aromatic carbocycles. The summed E-state index contributed by atoms with van der Waals surface area (Å²) >= 11 is 0. The summed E-state index contributed by atoms with van der Waals surface area (Å²) in [6, 6.07) is 0. The number of hydrogen-bond donors (Lipinski definition) is 1. The zero-order valence-corrected chi connectivity index (χ0v) is 11.3. The predicted octanol–water partition coefficient (Wildman–Crippen LogP) is 3.03. The lowest BCUT2D eigenvalue weighted by molar-refractivity contribution is -0.146. The van der Waals surface area contributed by atoms with Crippen molar-refractivity contribution in [3.05, 3.63) is 12.2 Å². The highest BCUT2D eigenvalue weighted by Gasteiger charge is 2.39. The van der Waals surface area contributed by atoms with Gasteiger partial charge in [0, 0.05) is 0 Å². The van der Waals surface area contributed by atoms with E-state index in [4.69, 9.17) is 9.47 Å². The summed E-state index contributed by atoms with van der Waals surface area (Å²) in [5.74, 6) is -0.579. The van der Waals surface area contributed by atoms with Gasteiger partial charge in [-0.1, -0.05) is 38.3 Å². The van der Waals surface area contributed by atoms with Crippen LogP contribution in [-0.4, -0.2) is 29.7 Å². The first-order valence-electron chi connectivity index (χ1n) is 6.72. The smallest absolute Gasteiger partial charge is 0.164 e. The van der Waals surface area contributed by atoms with E-state index >= 15 is 0 Å². The zero-order valence-electron chi connectivity index (χ0n) is 11.3. The Hall–Kier alpha value is -0.380. The maximum Gasteiger partial charge on any atom is 0.164 e. The Kier molecular flexibility index (Phi) is 6.17. The van der Waals surface area contributed by atoms with Gasteiger partial charge < -0.3 is 14.6 Å². The van der Waals surface area contributed by atoms with Crippen LogP contribution in [0.5, 0.6) is 0 Å². The summed E-state index contributed by atoms with van der Waals surface area (Å²) < 4.78 is 11.3. The van der Waals surface area contributed by atoms with Crippen molar-refractivity contribution in [2.24, 2.45) is 0 Å². The number of unbranched alkanes of at least 4 members (excludes halogenated alkanes) is 4. The lowest BCUT2D eigenvalue weighted by Gasteiger charge is -2.15. The molecular weight excluding hydrogens is 216 g/mol. The Bertz CT molecular complexity index is 236. The molecule has 0 amide bonds. The summed E-state index contributed by atoms with van der Waals surface area (Å²) in [7, 11) is 0. The third-order valence-corrected chi connectivity index (χ3v) is 2.95. The van der Waals surface area contributed by atoms with Gasteiger partial charge >= 0.3 is 0 Å². The van der Waals surface area contributed by atoms with Crippen molar-refractivity contribution in [2.75, 3.05) is 6.61 Å². The molecule has 0 spiro atoms. The Morgan fingerprint density at radius 3 is 2.59 bits per heavy atom. The molecule has 1 N–H and O–H groups in total. The second kappa shape index (κ2) is 7.14. The third kappa shape index (κ3) is 5.19. The van der Waals surface area contributed by atoms with Crippen LogP contribution < -0.4 is 0 Å². The van der Waals surface area contributed by atoms with Gasteiger partial charge in [0.1, 0.15) is 12.2 Å². The van der Waals surface area contributed by atoms with Crippen LogP contribution in [0.2, 0.25) is 0 Å². The van der Waals surface area contributed by atoms with E-state index in [0.29, 0.717) is 0 Å². The minimum absolute atomic E-state index is 0.00821. The maximum absolute atomic E-state index is 9.20. The average Bonchev–Trinajstić information content (AvgIpc) is 2.58. The summed E-state index contributed by atoms with van der Waals surface area (Å²) in [5.41, 5.74) is 0. The van der Waals surface area contributed by atoms with Crippen molar-refractivity contribution >= 4 is 0 Å². The summed E-state index contributed by atoms with van der Waals surface area (Å²) in [6.07, 6.45) is 10.0. The first-order valence-corrected chi connectivity index (χ1v) is 6.72. The fourth-order valence-electron chi connectivity index (χ4n) is 2.09. The Morgan fingerprint density at radius 2 is 1.94 bits per heavy atom. The molecule has 0 aliphatic carbocycles. The third-order valence-electron chi connectivity index (χ3n) is 2.95. The number of ether oxygens (including phenoxy) is 2. The van der Waals surface area contributed by atoms with E-state index in [9.17, 15) is 5.11 Å². The van der Waals surface area contributed by atoms with Gasteiger partial charge in [-0.3, -0.25) is 0 Å². The van der Waals surface area contributed by atoms with Crippen molar-refractivity contribution in [1.29, 1.82) is 0 Å². The van der Waals surface area contributed by atoms with Gasteiger partial charge in [0.15, 0.2) is 5.79 Å². The van der Waals surface area contributed by atoms with Crippen LogP contribution in [-0.2, 0) is 9.47 Å². The monoisotopic (exact) mass is 242 g/mol. The highest BCUT2D eigenvalue weighted by atomic mass is 16.8. The van der Waals surface area contributed by atoms with Crippen LogP contribution in [0.1, 0.15) is 52.9 Å². The van der Waals surface area contributed by atoms with Gasteiger partial charge in [-0.05, 0) is 26.7 Å². The lowest BCUT2D eigenvalue weighted by atomic mass is 10.1. The fraction of sp³-hybridized carbons (Fsp3) is 0.857. The SMILES string of the molecule is CCCCCC/C=C/[C@H]1OC(C)(C)O[C@@H]1CO. The average molecular weight is 242 g/mol. The number of aliphatic hydroxyl groups is 1. The molecule has 1 heterocycles. The molecule has 17 heavy (non-hydrogen) atoms. The first kappa shape index (κ1) is 14.7. The summed E-state index contributed by atoms with van der Waals surface area (Å²) in [5, 5.41) is 9.20. The van der Waals surface area contributed by atoms with E-state index in [1.54, 1.807) is 0 Å². The van der Waals surface area contributed by atoms with Gasteiger partial charge in [0.25, 0.3) is 0 Å². The van der Waals surface area contributed by atoms with Crippen LogP contribution >= 0.6 is 0 Å². The first-order chi connectivity index (χ1) is 8.09. The Balaban J connectivity index is 2.27. The molecule has 0 radical (unpaired) electrons.